The first-order valence-corrected chi connectivity index (χ1v) is 5.08. The normalized spacial score (nSPS) is 17.0. The van der Waals surface area contributed by atoms with Crippen LogP contribution in [0.1, 0.15) is 18.5 Å². The van der Waals surface area contributed by atoms with Crippen LogP contribution in [-0.4, -0.2) is 29.1 Å². The third-order valence-corrected chi connectivity index (χ3v) is 2.46. The van der Waals surface area contributed by atoms with E-state index in [0.29, 0.717) is 11.7 Å². The molecule has 1 fully saturated rings. The summed E-state index contributed by atoms with van der Waals surface area (Å²) >= 11 is 0. The fourth-order valence-corrected chi connectivity index (χ4v) is 1.64. The molecular weight excluding hydrogens is 190 g/mol. The molecule has 0 atom stereocenters. The zero-order chi connectivity index (χ0) is 10.5. The number of nitriles is 1. The number of rotatable bonds is 2. The van der Waals surface area contributed by atoms with Gasteiger partial charge in [0.1, 0.15) is 11.9 Å². The molecule has 0 radical (unpaired) electrons. The highest BCUT2D eigenvalue weighted by atomic mass is 15.0. The Morgan fingerprint density at radius 3 is 2.73 bits per heavy atom. The zero-order valence-corrected chi connectivity index (χ0v) is 8.40. The van der Waals surface area contributed by atoms with E-state index in [4.69, 9.17) is 5.26 Å². The molecule has 1 aromatic heterocycles. The van der Waals surface area contributed by atoms with Crippen molar-refractivity contribution in [3.63, 3.8) is 0 Å². The quantitative estimate of drug-likeness (QED) is 0.732. The monoisotopic (exact) mass is 203 g/mol. The van der Waals surface area contributed by atoms with Crippen LogP contribution in [0, 0.1) is 11.3 Å². The highest BCUT2D eigenvalue weighted by Gasteiger charge is 2.12. The van der Waals surface area contributed by atoms with Crippen molar-refractivity contribution in [3.8, 4) is 6.07 Å². The Hall–Kier alpha value is -1.67. The first-order chi connectivity index (χ1) is 7.38. The number of nitrogens with one attached hydrogen (secondary N) is 2. The van der Waals surface area contributed by atoms with Crippen molar-refractivity contribution in [2.24, 2.45) is 0 Å². The average molecular weight is 203 g/mol. The maximum Gasteiger partial charge on any atom is 0.158 e. The first kappa shape index (κ1) is 9.87. The Morgan fingerprint density at radius 2 is 2.13 bits per heavy atom. The van der Waals surface area contributed by atoms with E-state index in [9.17, 15) is 0 Å². The lowest BCUT2D eigenvalue weighted by Gasteiger charge is -2.23. The minimum Gasteiger partial charge on any atom is -0.366 e. The van der Waals surface area contributed by atoms with E-state index < -0.39 is 0 Å². The molecule has 1 aromatic rings. The van der Waals surface area contributed by atoms with E-state index in [-0.39, 0.29) is 0 Å². The fraction of sp³-hybridized carbons (Fsp3) is 0.500. The Kier molecular flexibility index (Phi) is 3.10. The van der Waals surface area contributed by atoms with Crippen LogP contribution in [0.5, 0.6) is 0 Å². The zero-order valence-electron chi connectivity index (χ0n) is 8.40. The largest absolute Gasteiger partial charge is 0.366 e. The molecule has 2 heterocycles. The molecule has 0 saturated carbocycles. The van der Waals surface area contributed by atoms with Gasteiger partial charge in [-0.3, -0.25) is 0 Å². The molecule has 0 unspecified atom stereocenters. The minimum atomic E-state index is 0.353. The number of nitrogens with zero attached hydrogens (tertiary/aromatic N) is 3. The molecule has 1 saturated heterocycles. The molecule has 2 rings (SSSR count). The van der Waals surface area contributed by atoms with Crippen LogP contribution in [-0.2, 0) is 0 Å². The summed E-state index contributed by atoms with van der Waals surface area (Å²) in [6.45, 7) is 2.09. The molecule has 1 aliphatic rings. The summed E-state index contributed by atoms with van der Waals surface area (Å²) in [5, 5.41) is 15.2. The minimum absolute atomic E-state index is 0.353. The Bertz CT molecular complexity index is 347. The lowest BCUT2D eigenvalue weighted by molar-refractivity contribution is 0.478. The van der Waals surface area contributed by atoms with Crippen molar-refractivity contribution in [3.05, 3.63) is 18.1 Å². The smallest absolute Gasteiger partial charge is 0.158 e. The van der Waals surface area contributed by atoms with Gasteiger partial charge in [0.15, 0.2) is 5.69 Å². The number of hydrogen-bond donors (Lipinski definition) is 2. The van der Waals surface area contributed by atoms with Crippen molar-refractivity contribution in [2.75, 3.05) is 18.4 Å². The highest BCUT2D eigenvalue weighted by Crippen LogP contribution is 2.09. The SMILES string of the molecule is N#Cc1cnc(NC2CCNCC2)cn1. The summed E-state index contributed by atoms with van der Waals surface area (Å²) in [6.07, 6.45) is 5.30. The summed E-state index contributed by atoms with van der Waals surface area (Å²) in [7, 11) is 0. The van der Waals surface area contributed by atoms with Gasteiger partial charge in [-0.2, -0.15) is 5.26 Å². The van der Waals surface area contributed by atoms with E-state index in [2.05, 4.69) is 20.6 Å². The molecule has 0 aromatic carbocycles. The molecule has 15 heavy (non-hydrogen) atoms. The second-order valence-electron chi connectivity index (χ2n) is 3.57. The standard InChI is InChI=1S/C10H13N5/c11-5-9-6-14-10(7-13-9)15-8-1-3-12-4-2-8/h6-8,12H,1-4H2,(H,14,15). The van der Waals surface area contributed by atoms with Crippen LogP contribution in [0.2, 0.25) is 0 Å². The molecule has 2 N–H and O–H groups in total. The van der Waals surface area contributed by atoms with Gasteiger partial charge >= 0.3 is 0 Å². The molecule has 5 heteroatoms. The molecule has 0 amide bonds. The molecule has 78 valence electrons. The van der Waals surface area contributed by atoms with Crippen molar-refractivity contribution in [1.29, 1.82) is 5.26 Å². The Labute approximate surface area is 88.5 Å². The van der Waals surface area contributed by atoms with Crippen LogP contribution >= 0.6 is 0 Å². The maximum atomic E-state index is 8.57. The van der Waals surface area contributed by atoms with E-state index in [1.807, 2.05) is 6.07 Å². The molecule has 0 bridgehead atoms. The molecule has 0 spiro atoms. The van der Waals surface area contributed by atoms with E-state index in [0.717, 1.165) is 31.7 Å². The third-order valence-electron chi connectivity index (χ3n) is 2.46. The first-order valence-electron chi connectivity index (χ1n) is 5.08. The summed E-state index contributed by atoms with van der Waals surface area (Å²) in [4.78, 5) is 8.09. The summed E-state index contributed by atoms with van der Waals surface area (Å²) in [5.74, 6) is 0.751. The number of aromatic nitrogens is 2. The lowest BCUT2D eigenvalue weighted by Crippen LogP contribution is -2.35. The van der Waals surface area contributed by atoms with Gasteiger partial charge in [0.05, 0.1) is 12.4 Å². The van der Waals surface area contributed by atoms with Crippen LogP contribution < -0.4 is 10.6 Å². The van der Waals surface area contributed by atoms with Gasteiger partial charge in [0.2, 0.25) is 0 Å². The second kappa shape index (κ2) is 4.71. The van der Waals surface area contributed by atoms with Crippen molar-refractivity contribution in [2.45, 2.75) is 18.9 Å². The van der Waals surface area contributed by atoms with Gasteiger partial charge in [-0.25, -0.2) is 9.97 Å². The van der Waals surface area contributed by atoms with E-state index in [1.165, 1.54) is 6.20 Å². The second-order valence-corrected chi connectivity index (χ2v) is 3.57. The van der Waals surface area contributed by atoms with Gasteiger partial charge in [-0.1, -0.05) is 0 Å². The van der Waals surface area contributed by atoms with Crippen molar-refractivity contribution < 1.29 is 0 Å². The van der Waals surface area contributed by atoms with Gasteiger partial charge in [-0.15, -0.1) is 0 Å². The number of piperidine rings is 1. The highest BCUT2D eigenvalue weighted by molar-refractivity contribution is 5.34. The predicted octanol–water partition coefficient (Wildman–Crippen LogP) is 0.512. The van der Waals surface area contributed by atoms with Crippen LogP contribution in [0.15, 0.2) is 12.4 Å². The average Bonchev–Trinajstić information content (AvgIpc) is 2.31. The summed E-state index contributed by atoms with van der Waals surface area (Å²) in [6, 6.07) is 2.41. The third kappa shape index (κ3) is 2.64. The number of hydrogen-bond acceptors (Lipinski definition) is 5. The van der Waals surface area contributed by atoms with Crippen LogP contribution in [0.3, 0.4) is 0 Å². The topological polar surface area (TPSA) is 73.6 Å². The molecular formula is C10H13N5. The van der Waals surface area contributed by atoms with Crippen molar-refractivity contribution in [1.82, 2.24) is 15.3 Å². The fourth-order valence-electron chi connectivity index (χ4n) is 1.64. The van der Waals surface area contributed by atoms with Crippen LogP contribution in [0.25, 0.3) is 0 Å². The Morgan fingerprint density at radius 1 is 1.33 bits per heavy atom. The molecule has 0 aliphatic carbocycles. The van der Waals surface area contributed by atoms with Gasteiger partial charge < -0.3 is 10.6 Å². The van der Waals surface area contributed by atoms with E-state index >= 15 is 0 Å². The van der Waals surface area contributed by atoms with Crippen LogP contribution in [0.4, 0.5) is 5.82 Å². The van der Waals surface area contributed by atoms with Gasteiger partial charge in [0, 0.05) is 6.04 Å². The van der Waals surface area contributed by atoms with Gasteiger partial charge in [0.25, 0.3) is 0 Å². The molecule has 1 aliphatic heterocycles. The predicted molar refractivity (Wildman–Crippen MR) is 56.3 cm³/mol. The van der Waals surface area contributed by atoms with Crippen molar-refractivity contribution >= 4 is 5.82 Å². The molecule has 5 nitrogen and oxygen atoms in total. The van der Waals surface area contributed by atoms with Gasteiger partial charge in [-0.05, 0) is 25.9 Å². The van der Waals surface area contributed by atoms with E-state index in [1.54, 1.807) is 6.20 Å². The lowest BCUT2D eigenvalue weighted by atomic mass is 10.1. The maximum absolute atomic E-state index is 8.57. The summed E-state index contributed by atoms with van der Waals surface area (Å²) in [5.41, 5.74) is 0.353. The number of anilines is 1. The summed E-state index contributed by atoms with van der Waals surface area (Å²) < 4.78 is 0. The Balaban J connectivity index is 1.95.